The van der Waals surface area contributed by atoms with Gasteiger partial charge in [-0.25, -0.2) is 9.97 Å². The maximum Gasteiger partial charge on any atom is 0.237 e. The maximum absolute atomic E-state index is 12.7. The predicted octanol–water partition coefficient (Wildman–Crippen LogP) is 4.62. The molecule has 140 valence electrons. The van der Waals surface area contributed by atoms with E-state index in [1.165, 1.54) is 28.6 Å². The van der Waals surface area contributed by atoms with Crippen molar-refractivity contribution in [2.75, 3.05) is 12.4 Å². The molecule has 0 aliphatic heterocycles. The van der Waals surface area contributed by atoms with Gasteiger partial charge >= 0.3 is 0 Å². The standard InChI is InChI=1S/C20H21N3O2S2/c1-11(18(24)23-13-6-4-7-14(10-13)25-3)26-19-17-15-8-5-9-16(15)27-20(17)22-12(2)21-19/h4,6-7,10-11H,5,8-9H2,1-3H3,(H,23,24)/t11-/m0/s1. The van der Waals surface area contributed by atoms with Gasteiger partial charge < -0.3 is 10.1 Å². The van der Waals surface area contributed by atoms with Crippen LogP contribution in [0.15, 0.2) is 29.3 Å². The van der Waals surface area contributed by atoms with E-state index < -0.39 is 0 Å². The molecule has 3 aromatic rings. The molecule has 0 radical (unpaired) electrons. The predicted molar refractivity (Wildman–Crippen MR) is 111 cm³/mol. The summed E-state index contributed by atoms with van der Waals surface area (Å²) in [5.41, 5.74) is 2.12. The highest BCUT2D eigenvalue weighted by atomic mass is 32.2. The zero-order valence-electron chi connectivity index (χ0n) is 15.5. The number of nitrogens with one attached hydrogen (secondary N) is 1. The number of carbonyl (C=O) groups excluding carboxylic acids is 1. The number of hydrogen-bond acceptors (Lipinski definition) is 6. The van der Waals surface area contributed by atoms with Crippen LogP contribution in [-0.2, 0) is 17.6 Å². The Morgan fingerprint density at radius 1 is 1.33 bits per heavy atom. The number of anilines is 1. The average Bonchev–Trinajstić information content (AvgIpc) is 3.22. The van der Waals surface area contributed by atoms with Crippen molar-refractivity contribution in [2.45, 2.75) is 43.4 Å². The molecule has 0 saturated heterocycles. The first-order chi connectivity index (χ1) is 13.0. The van der Waals surface area contributed by atoms with E-state index in [9.17, 15) is 4.79 Å². The molecule has 2 heterocycles. The maximum atomic E-state index is 12.7. The molecule has 4 rings (SSSR count). The Labute approximate surface area is 166 Å². The highest BCUT2D eigenvalue weighted by Gasteiger charge is 2.24. The molecule has 0 unspecified atom stereocenters. The topological polar surface area (TPSA) is 64.1 Å². The number of aromatic nitrogens is 2. The summed E-state index contributed by atoms with van der Waals surface area (Å²) >= 11 is 3.29. The zero-order chi connectivity index (χ0) is 19.0. The van der Waals surface area contributed by atoms with E-state index in [1.54, 1.807) is 18.4 Å². The van der Waals surface area contributed by atoms with Gasteiger partial charge in [0.15, 0.2) is 0 Å². The lowest BCUT2D eigenvalue weighted by atomic mass is 10.2. The number of thioether (sulfide) groups is 1. The van der Waals surface area contributed by atoms with Crippen LogP contribution in [0.3, 0.4) is 0 Å². The van der Waals surface area contributed by atoms with Crippen molar-refractivity contribution < 1.29 is 9.53 Å². The highest BCUT2D eigenvalue weighted by molar-refractivity contribution is 8.00. The highest BCUT2D eigenvalue weighted by Crippen LogP contribution is 2.41. The number of ether oxygens (including phenoxy) is 1. The molecule has 1 N–H and O–H groups in total. The molecular formula is C20H21N3O2S2. The fourth-order valence-electron chi connectivity index (χ4n) is 3.31. The van der Waals surface area contributed by atoms with Crippen LogP contribution in [0.25, 0.3) is 10.2 Å². The SMILES string of the molecule is COc1cccc(NC(=O)[C@H](C)Sc2nc(C)nc3sc4c(c23)CCC4)c1. The van der Waals surface area contributed by atoms with Crippen molar-refractivity contribution in [1.82, 2.24) is 9.97 Å². The zero-order valence-corrected chi connectivity index (χ0v) is 17.2. The van der Waals surface area contributed by atoms with Crippen molar-refractivity contribution in [3.05, 3.63) is 40.5 Å². The van der Waals surface area contributed by atoms with E-state index in [0.29, 0.717) is 0 Å². The first-order valence-electron chi connectivity index (χ1n) is 8.95. The van der Waals surface area contributed by atoms with Crippen molar-refractivity contribution in [3.8, 4) is 5.75 Å². The normalized spacial score (nSPS) is 14.2. The van der Waals surface area contributed by atoms with Crippen molar-refractivity contribution in [2.24, 2.45) is 0 Å². The van der Waals surface area contributed by atoms with E-state index in [2.05, 4.69) is 15.3 Å². The minimum Gasteiger partial charge on any atom is -0.497 e. The molecule has 1 atom stereocenters. The first-order valence-corrected chi connectivity index (χ1v) is 10.6. The number of rotatable bonds is 5. The summed E-state index contributed by atoms with van der Waals surface area (Å²) in [5.74, 6) is 1.42. The molecule has 5 nitrogen and oxygen atoms in total. The summed E-state index contributed by atoms with van der Waals surface area (Å²) in [5, 5.41) is 4.77. The van der Waals surface area contributed by atoms with Crippen LogP contribution in [0.2, 0.25) is 0 Å². The molecular weight excluding hydrogens is 378 g/mol. The molecule has 1 aromatic carbocycles. The molecule has 0 fully saturated rings. The van der Waals surface area contributed by atoms with Crippen LogP contribution in [0.5, 0.6) is 5.75 Å². The summed E-state index contributed by atoms with van der Waals surface area (Å²) in [6.45, 7) is 3.82. The van der Waals surface area contributed by atoms with Gasteiger partial charge in [0, 0.05) is 22.0 Å². The van der Waals surface area contributed by atoms with E-state index in [0.717, 1.165) is 45.3 Å². The molecule has 0 saturated carbocycles. The van der Waals surface area contributed by atoms with Gasteiger partial charge in [-0.15, -0.1) is 11.3 Å². The second-order valence-corrected chi connectivity index (χ2v) is 9.01. The van der Waals surface area contributed by atoms with Gasteiger partial charge in [-0.2, -0.15) is 0 Å². The number of methoxy groups -OCH3 is 1. The van der Waals surface area contributed by atoms with Crippen LogP contribution < -0.4 is 10.1 Å². The average molecular weight is 400 g/mol. The number of carbonyl (C=O) groups is 1. The summed E-state index contributed by atoms with van der Waals surface area (Å²) in [4.78, 5) is 24.5. The smallest absolute Gasteiger partial charge is 0.237 e. The summed E-state index contributed by atoms with van der Waals surface area (Å²) < 4.78 is 5.22. The Kier molecular flexibility index (Phi) is 5.06. The summed E-state index contributed by atoms with van der Waals surface area (Å²) in [6, 6.07) is 7.38. The first kappa shape index (κ1) is 18.3. The number of nitrogens with zero attached hydrogens (tertiary/aromatic N) is 2. The molecule has 0 bridgehead atoms. The van der Waals surface area contributed by atoms with E-state index >= 15 is 0 Å². The Morgan fingerprint density at radius 3 is 3.00 bits per heavy atom. The van der Waals surface area contributed by atoms with Gasteiger partial charge in [-0.1, -0.05) is 17.8 Å². The second-order valence-electron chi connectivity index (χ2n) is 6.59. The molecule has 0 spiro atoms. The van der Waals surface area contributed by atoms with Gasteiger partial charge in [-0.3, -0.25) is 4.79 Å². The fraction of sp³-hybridized carbons (Fsp3) is 0.350. The third-order valence-electron chi connectivity index (χ3n) is 4.64. The van der Waals surface area contributed by atoms with Crippen molar-refractivity contribution in [1.29, 1.82) is 0 Å². The minimum atomic E-state index is -0.273. The van der Waals surface area contributed by atoms with Gasteiger partial charge in [0.05, 0.1) is 12.4 Å². The van der Waals surface area contributed by atoms with Gasteiger partial charge in [-0.05, 0) is 50.8 Å². The number of thiophene rings is 1. The molecule has 1 aliphatic carbocycles. The Hall–Kier alpha value is -2.12. The number of hydrogen-bond donors (Lipinski definition) is 1. The van der Waals surface area contributed by atoms with Gasteiger partial charge in [0.25, 0.3) is 0 Å². The monoisotopic (exact) mass is 399 g/mol. The number of amides is 1. The van der Waals surface area contributed by atoms with Crippen molar-refractivity contribution in [3.63, 3.8) is 0 Å². The lowest BCUT2D eigenvalue weighted by molar-refractivity contribution is -0.115. The van der Waals surface area contributed by atoms with Crippen LogP contribution in [0.4, 0.5) is 5.69 Å². The molecule has 2 aromatic heterocycles. The summed E-state index contributed by atoms with van der Waals surface area (Å²) in [6.07, 6.45) is 3.41. The second kappa shape index (κ2) is 7.48. The Balaban J connectivity index is 1.57. The Morgan fingerprint density at radius 2 is 2.19 bits per heavy atom. The molecule has 1 aliphatic rings. The third-order valence-corrected chi connectivity index (χ3v) is 6.91. The number of fused-ring (bicyclic) bond motifs is 3. The fourth-order valence-corrected chi connectivity index (χ4v) is 5.71. The summed E-state index contributed by atoms with van der Waals surface area (Å²) in [7, 11) is 1.61. The van der Waals surface area contributed by atoms with Crippen LogP contribution in [0.1, 0.15) is 29.6 Å². The lowest BCUT2D eigenvalue weighted by Gasteiger charge is -2.13. The largest absolute Gasteiger partial charge is 0.497 e. The van der Waals surface area contributed by atoms with E-state index in [-0.39, 0.29) is 11.2 Å². The quantitative estimate of drug-likeness (QED) is 0.501. The molecule has 7 heteroatoms. The number of benzene rings is 1. The van der Waals surface area contributed by atoms with Gasteiger partial charge in [0.1, 0.15) is 21.4 Å². The molecule has 1 amide bonds. The van der Waals surface area contributed by atoms with E-state index in [1.807, 2.05) is 38.1 Å². The van der Waals surface area contributed by atoms with Crippen LogP contribution in [-0.4, -0.2) is 28.2 Å². The number of aryl methyl sites for hydroxylation is 3. The van der Waals surface area contributed by atoms with Crippen LogP contribution in [0, 0.1) is 6.92 Å². The minimum absolute atomic E-state index is 0.0513. The van der Waals surface area contributed by atoms with Crippen LogP contribution >= 0.6 is 23.1 Å². The Bertz CT molecular complexity index is 1020. The van der Waals surface area contributed by atoms with Crippen molar-refractivity contribution >= 4 is 44.9 Å². The van der Waals surface area contributed by atoms with Gasteiger partial charge in [0.2, 0.25) is 5.91 Å². The third kappa shape index (κ3) is 3.66. The molecule has 27 heavy (non-hydrogen) atoms. The lowest BCUT2D eigenvalue weighted by Crippen LogP contribution is -2.22. The van der Waals surface area contributed by atoms with E-state index in [4.69, 9.17) is 4.74 Å².